The van der Waals surface area contributed by atoms with Crippen molar-refractivity contribution in [3.8, 4) is 0 Å². The molecular weight excluding hydrogens is 332 g/mol. The summed E-state index contributed by atoms with van der Waals surface area (Å²) >= 11 is 0. The standard InChI is InChI=1S/C20H18N2O4/c1-2-13-7-9-14(10-8-13)18(23)12-26-19(24)11-17-15-5-3-4-6-16(15)20(25)22-21-17/h3-10H,2,11-12H2,1H3,(H,22,25). The van der Waals surface area contributed by atoms with Gasteiger partial charge >= 0.3 is 5.97 Å². The molecule has 3 aromatic rings. The van der Waals surface area contributed by atoms with Crippen molar-refractivity contribution in [2.75, 3.05) is 6.61 Å². The minimum atomic E-state index is -0.576. The van der Waals surface area contributed by atoms with Crippen LogP contribution in [0.3, 0.4) is 0 Å². The summed E-state index contributed by atoms with van der Waals surface area (Å²) in [5.41, 5.74) is 1.73. The number of rotatable bonds is 6. The van der Waals surface area contributed by atoms with Crippen LogP contribution >= 0.6 is 0 Å². The Bertz CT molecular complexity index is 1010. The average molecular weight is 350 g/mol. The predicted molar refractivity (Wildman–Crippen MR) is 97.2 cm³/mol. The Morgan fingerprint density at radius 3 is 2.42 bits per heavy atom. The molecule has 0 saturated carbocycles. The third kappa shape index (κ3) is 3.85. The molecule has 132 valence electrons. The highest BCUT2D eigenvalue weighted by Crippen LogP contribution is 2.13. The van der Waals surface area contributed by atoms with E-state index in [0.29, 0.717) is 22.0 Å². The highest BCUT2D eigenvalue weighted by molar-refractivity contribution is 5.98. The zero-order chi connectivity index (χ0) is 18.5. The van der Waals surface area contributed by atoms with Crippen LogP contribution in [0, 0.1) is 0 Å². The lowest BCUT2D eigenvalue weighted by atomic mass is 10.1. The van der Waals surface area contributed by atoms with E-state index in [2.05, 4.69) is 10.2 Å². The first-order valence-corrected chi connectivity index (χ1v) is 8.32. The molecule has 1 heterocycles. The Labute approximate surface area is 149 Å². The number of nitrogens with zero attached hydrogens (tertiary/aromatic N) is 1. The van der Waals surface area contributed by atoms with Crippen molar-refractivity contribution in [3.63, 3.8) is 0 Å². The molecule has 6 heteroatoms. The summed E-state index contributed by atoms with van der Waals surface area (Å²) in [5, 5.41) is 7.35. The third-order valence-corrected chi connectivity index (χ3v) is 4.14. The molecule has 0 aliphatic carbocycles. The Balaban J connectivity index is 1.65. The van der Waals surface area contributed by atoms with Crippen LogP contribution in [-0.4, -0.2) is 28.6 Å². The van der Waals surface area contributed by atoms with Gasteiger partial charge < -0.3 is 4.74 Å². The summed E-state index contributed by atoms with van der Waals surface area (Å²) in [6.07, 6.45) is 0.767. The van der Waals surface area contributed by atoms with E-state index in [1.807, 2.05) is 19.1 Å². The van der Waals surface area contributed by atoms with Gasteiger partial charge in [-0.05, 0) is 18.1 Å². The maximum atomic E-state index is 12.1. The number of H-pyrrole nitrogens is 1. The number of carbonyl (C=O) groups is 2. The number of nitrogens with one attached hydrogen (secondary N) is 1. The zero-order valence-corrected chi connectivity index (χ0v) is 14.3. The molecule has 0 amide bonds. The van der Waals surface area contributed by atoms with Crippen LogP contribution in [0.2, 0.25) is 0 Å². The second kappa shape index (κ2) is 7.74. The third-order valence-electron chi connectivity index (χ3n) is 4.14. The summed E-state index contributed by atoms with van der Waals surface area (Å²) in [4.78, 5) is 35.9. The lowest BCUT2D eigenvalue weighted by molar-refractivity contribution is -0.141. The van der Waals surface area contributed by atoms with Gasteiger partial charge in [0.1, 0.15) is 0 Å². The van der Waals surface area contributed by atoms with Crippen molar-refractivity contribution < 1.29 is 14.3 Å². The van der Waals surface area contributed by atoms with Gasteiger partial charge in [0.25, 0.3) is 5.56 Å². The Kier molecular flexibility index (Phi) is 5.22. The van der Waals surface area contributed by atoms with Crippen molar-refractivity contribution in [2.45, 2.75) is 19.8 Å². The summed E-state index contributed by atoms with van der Waals surface area (Å²) in [6, 6.07) is 14.1. The topological polar surface area (TPSA) is 89.1 Å². The van der Waals surface area contributed by atoms with Gasteiger partial charge in [-0.15, -0.1) is 0 Å². The number of Topliss-reactive ketones (excluding diaryl/α,β-unsaturated/α-hetero) is 1. The van der Waals surface area contributed by atoms with Gasteiger partial charge in [-0.1, -0.05) is 49.4 Å². The maximum absolute atomic E-state index is 12.1. The number of fused-ring (bicyclic) bond motifs is 1. The van der Waals surface area contributed by atoms with E-state index in [9.17, 15) is 14.4 Å². The fourth-order valence-corrected chi connectivity index (χ4v) is 2.65. The summed E-state index contributed by atoms with van der Waals surface area (Å²) in [7, 11) is 0. The van der Waals surface area contributed by atoms with E-state index >= 15 is 0 Å². The van der Waals surface area contributed by atoms with Gasteiger partial charge in [0.2, 0.25) is 0 Å². The van der Waals surface area contributed by atoms with Gasteiger partial charge in [0.05, 0.1) is 17.5 Å². The number of aryl methyl sites for hydroxylation is 1. The minimum Gasteiger partial charge on any atom is -0.457 e. The van der Waals surface area contributed by atoms with E-state index < -0.39 is 5.97 Å². The van der Waals surface area contributed by atoms with Crippen LogP contribution in [0.5, 0.6) is 0 Å². The molecule has 3 rings (SSSR count). The van der Waals surface area contributed by atoms with Crippen molar-refractivity contribution in [2.24, 2.45) is 0 Å². The summed E-state index contributed by atoms with van der Waals surface area (Å²) < 4.78 is 5.08. The first-order valence-electron chi connectivity index (χ1n) is 8.32. The van der Waals surface area contributed by atoms with Crippen LogP contribution in [-0.2, 0) is 22.4 Å². The van der Waals surface area contributed by atoms with E-state index in [1.165, 1.54) is 0 Å². The fourth-order valence-electron chi connectivity index (χ4n) is 2.65. The molecule has 1 N–H and O–H groups in total. The molecule has 0 radical (unpaired) electrons. The predicted octanol–water partition coefficient (Wildman–Crippen LogP) is 2.45. The summed E-state index contributed by atoms with van der Waals surface area (Å²) in [5.74, 6) is -0.839. The molecular formula is C20H18N2O4. The van der Waals surface area contributed by atoms with Gasteiger partial charge in [0.15, 0.2) is 12.4 Å². The number of carbonyl (C=O) groups excluding carboxylic acids is 2. The van der Waals surface area contributed by atoms with E-state index in [0.717, 1.165) is 12.0 Å². The second-order valence-corrected chi connectivity index (χ2v) is 5.86. The Hall–Kier alpha value is -3.28. The quantitative estimate of drug-likeness (QED) is 0.545. The number of hydrogen-bond donors (Lipinski definition) is 1. The second-order valence-electron chi connectivity index (χ2n) is 5.86. The lowest BCUT2D eigenvalue weighted by Crippen LogP contribution is -2.18. The van der Waals surface area contributed by atoms with Crippen LogP contribution in [0.15, 0.2) is 53.3 Å². The van der Waals surface area contributed by atoms with Crippen LogP contribution in [0.1, 0.15) is 28.5 Å². The molecule has 0 aliphatic heterocycles. The van der Waals surface area contributed by atoms with Crippen molar-refractivity contribution in [3.05, 3.63) is 75.7 Å². The minimum absolute atomic E-state index is 0.126. The van der Waals surface area contributed by atoms with Gasteiger partial charge in [0, 0.05) is 10.9 Å². The smallest absolute Gasteiger partial charge is 0.312 e. The molecule has 6 nitrogen and oxygen atoms in total. The molecule has 0 unspecified atom stereocenters. The molecule has 0 bridgehead atoms. The first-order chi connectivity index (χ1) is 12.6. The van der Waals surface area contributed by atoms with Gasteiger partial charge in [-0.2, -0.15) is 5.10 Å². The fraction of sp³-hybridized carbons (Fsp3) is 0.200. The number of aromatic amines is 1. The molecule has 0 spiro atoms. The molecule has 26 heavy (non-hydrogen) atoms. The Morgan fingerprint density at radius 2 is 1.73 bits per heavy atom. The maximum Gasteiger partial charge on any atom is 0.312 e. The van der Waals surface area contributed by atoms with E-state index in [1.54, 1.807) is 36.4 Å². The zero-order valence-electron chi connectivity index (χ0n) is 14.3. The lowest BCUT2D eigenvalue weighted by Gasteiger charge is -2.06. The first kappa shape index (κ1) is 17.5. The molecule has 1 aromatic heterocycles. The largest absolute Gasteiger partial charge is 0.457 e. The number of esters is 1. The monoisotopic (exact) mass is 350 g/mol. The molecule has 0 saturated heterocycles. The van der Waals surface area contributed by atoms with Gasteiger partial charge in [-0.25, -0.2) is 5.10 Å². The van der Waals surface area contributed by atoms with Crippen molar-refractivity contribution >= 4 is 22.5 Å². The highest BCUT2D eigenvalue weighted by Gasteiger charge is 2.14. The van der Waals surface area contributed by atoms with Crippen LogP contribution < -0.4 is 5.56 Å². The highest BCUT2D eigenvalue weighted by atomic mass is 16.5. The number of ketones is 1. The summed E-state index contributed by atoms with van der Waals surface area (Å²) in [6.45, 7) is 1.71. The SMILES string of the molecule is CCc1ccc(C(=O)COC(=O)Cc2n[nH]c(=O)c3ccccc23)cc1. The average Bonchev–Trinajstić information content (AvgIpc) is 2.68. The number of aromatic nitrogens is 2. The van der Waals surface area contributed by atoms with Crippen molar-refractivity contribution in [1.82, 2.24) is 10.2 Å². The van der Waals surface area contributed by atoms with E-state index in [-0.39, 0.29) is 24.4 Å². The normalized spacial score (nSPS) is 10.7. The molecule has 0 fully saturated rings. The molecule has 0 atom stereocenters. The van der Waals surface area contributed by atoms with Crippen molar-refractivity contribution in [1.29, 1.82) is 0 Å². The number of ether oxygens (including phenoxy) is 1. The van der Waals surface area contributed by atoms with Gasteiger partial charge in [-0.3, -0.25) is 14.4 Å². The molecule has 2 aromatic carbocycles. The number of benzene rings is 2. The Morgan fingerprint density at radius 1 is 1.04 bits per heavy atom. The molecule has 0 aliphatic rings. The van der Waals surface area contributed by atoms with E-state index in [4.69, 9.17) is 4.74 Å². The van der Waals surface area contributed by atoms with Crippen LogP contribution in [0.4, 0.5) is 0 Å². The van der Waals surface area contributed by atoms with Crippen LogP contribution in [0.25, 0.3) is 10.8 Å². The number of hydrogen-bond acceptors (Lipinski definition) is 5.